The lowest BCUT2D eigenvalue weighted by Crippen LogP contribution is -2.38. The first kappa shape index (κ1) is 15.6. The van der Waals surface area contributed by atoms with E-state index in [-0.39, 0.29) is 10.7 Å². The van der Waals surface area contributed by atoms with E-state index in [1.54, 1.807) is 24.3 Å². The lowest BCUT2D eigenvalue weighted by Gasteiger charge is -2.19. The van der Waals surface area contributed by atoms with Gasteiger partial charge in [0, 0.05) is 4.75 Å². The van der Waals surface area contributed by atoms with Crippen molar-refractivity contribution in [3.63, 3.8) is 0 Å². The Bertz CT molecular complexity index is 441. The molecule has 2 amide bonds. The van der Waals surface area contributed by atoms with Gasteiger partial charge in [-0.2, -0.15) is 0 Å². The second-order valence-electron chi connectivity index (χ2n) is 5.21. The number of rotatable bonds is 5. The van der Waals surface area contributed by atoms with Gasteiger partial charge in [-0.05, 0) is 5.56 Å². The molecule has 0 heterocycles. The molecule has 1 atom stereocenters. The highest BCUT2D eigenvalue weighted by Gasteiger charge is 2.21. The SMILES string of the molecule is CC(C)(C)SCC(=O)NC(C(N)=O)c1ccccc1. The summed E-state index contributed by atoms with van der Waals surface area (Å²) in [6, 6.07) is 8.23. The lowest BCUT2D eigenvalue weighted by molar-refractivity contribution is -0.126. The zero-order valence-corrected chi connectivity index (χ0v) is 12.3. The highest BCUT2D eigenvalue weighted by molar-refractivity contribution is 8.01. The Morgan fingerprint density at radius 3 is 2.32 bits per heavy atom. The zero-order valence-electron chi connectivity index (χ0n) is 11.5. The molecule has 0 saturated carbocycles. The molecule has 4 nitrogen and oxygen atoms in total. The molecule has 19 heavy (non-hydrogen) atoms. The maximum Gasteiger partial charge on any atom is 0.244 e. The van der Waals surface area contributed by atoms with Crippen LogP contribution in [0.4, 0.5) is 0 Å². The predicted octanol–water partition coefficient (Wildman–Crippen LogP) is 1.86. The van der Waals surface area contributed by atoms with Crippen molar-refractivity contribution in [1.82, 2.24) is 5.32 Å². The van der Waals surface area contributed by atoms with Gasteiger partial charge in [-0.3, -0.25) is 9.59 Å². The molecule has 1 aromatic carbocycles. The van der Waals surface area contributed by atoms with E-state index in [2.05, 4.69) is 5.32 Å². The van der Waals surface area contributed by atoms with E-state index in [9.17, 15) is 9.59 Å². The molecule has 104 valence electrons. The summed E-state index contributed by atoms with van der Waals surface area (Å²) < 4.78 is 0.00626. The quantitative estimate of drug-likeness (QED) is 0.864. The van der Waals surface area contributed by atoms with Gasteiger partial charge in [0.05, 0.1) is 5.75 Å². The molecule has 0 bridgehead atoms. The monoisotopic (exact) mass is 280 g/mol. The number of amides is 2. The fourth-order valence-corrected chi connectivity index (χ4v) is 2.10. The molecule has 0 fully saturated rings. The molecule has 0 radical (unpaired) electrons. The number of thioether (sulfide) groups is 1. The van der Waals surface area contributed by atoms with Crippen LogP contribution in [0.2, 0.25) is 0 Å². The van der Waals surface area contributed by atoms with Crippen molar-refractivity contribution in [3.8, 4) is 0 Å². The van der Waals surface area contributed by atoms with Gasteiger partial charge >= 0.3 is 0 Å². The van der Waals surface area contributed by atoms with Gasteiger partial charge in [-0.1, -0.05) is 51.1 Å². The van der Waals surface area contributed by atoms with Crippen LogP contribution in [0.15, 0.2) is 30.3 Å². The number of hydrogen-bond acceptors (Lipinski definition) is 3. The van der Waals surface area contributed by atoms with Crippen LogP contribution in [-0.4, -0.2) is 22.3 Å². The van der Waals surface area contributed by atoms with Crippen molar-refractivity contribution < 1.29 is 9.59 Å². The zero-order chi connectivity index (χ0) is 14.5. The highest BCUT2D eigenvalue weighted by atomic mass is 32.2. The molecule has 5 heteroatoms. The average Bonchev–Trinajstić information content (AvgIpc) is 2.33. The van der Waals surface area contributed by atoms with Gasteiger partial charge in [0.25, 0.3) is 0 Å². The first-order valence-electron chi connectivity index (χ1n) is 6.07. The summed E-state index contributed by atoms with van der Waals surface area (Å²) in [5.41, 5.74) is 6.04. The maximum absolute atomic E-state index is 11.8. The molecule has 0 aliphatic carbocycles. The van der Waals surface area contributed by atoms with Gasteiger partial charge in [0.2, 0.25) is 11.8 Å². The fourth-order valence-electron chi connectivity index (χ4n) is 1.45. The van der Waals surface area contributed by atoms with Crippen molar-refractivity contribution in [2.45, 2.75) is 31.6 Å². The summed E-state index contributed by atoms with van der Waals surface area (Å²) in [5, 5.41) is 2.67. The normalized spacial score (nSPS) is 12.8. The Kier molecular flexibility index (Phi) is 5.42. The average molecular weight is 280 g/mol. The summed E-state index contributed by atoms with van der Waals surface area (Å²) in [4.78, 5) is 23.3. The van der Waals surface area contributed by atoms with Crippen LogP contribution in [0, 0.1) is 0 Å². The van der Waals surface area contributed by atoms with Crippen molar-refractivity contribution in [1.29, 1.82) is 0 Å². The van der Waals surface area contributed by atoms with Gasteiger partial charge in [-0.25, -0.2) is 0 Å². The fraction of sp³-hybridized carbons (Fsp3) is 0.429. The molecule has 1 unspecified atom stereocenters. The predicted molar refractivity (Wildman–Crippen MR) is 78.7 cm³/mol. The van der Waals surface area contributed by atoms with Gasteiger partial charge < -0.3 is 11.1 Å². The van der Waals surface area contributed by atoms with E-state index in [1.165, 1.54) is 11.8 Å². The number of benzene rings is 1. The third kappa shape index (κ3) is 5.79. The molecule has 1 aromatic rings. The van der Waals surface area contributed by atoms with Crippen molar-refractivity contribution in [3.05, 3.63) is 35.9 Å². The highest BCUT2D eigenvalue weighted by Crippen LogP contribution is 2.23. The minimum absolute atomic E-state index is 0.00626. The number of nitrogens with two attached hydrogens (primary N) is 1. The Morgan fingerprint density at radius 2 is 1.84 bits per heavy atom. The van der Waals surface area contributed by atoms with Crippen LogP contribution < -0.4 is 11.1 Å². The van der Waals surface area contributed by atoms with Crippen LogP contribution in [0.5, 0.6) is 0 Å². The van der Waals surface area contributed by atoms with Crippen molar-refractivity contribution in [2.75, 3.05) is 5.75 Å². The van der Waals surface area contributed by atoms with E-state index in [4.69, 9.17) is 5.73 Å². The van der Waals surface area contributed by atoms with Gasteiger partial charge in [0.15, 0.2) is 0 Å². The van der Waals surface area contributed by atoms with Crippen LogP contribution in [0.1, 0.15) is 32.4 Å². The van der Waals surface area contributed by atoms with Crippen molar-refractivity contribution >= 4 is 23.6 Å². The van der Waals surface area contributed by atoms with E-state index in [0.29, 0.717) is 11.3 Å². The van der Waals surface area contributed by atoms with Crippen molar-refractivity contribution in [2.24, 2.45) is 5.73 Å². The summed E-state index contributed by atoms with van der Waals surface area (Å²) in [5.74, 6) is -0.437. The van der Waals surface area contributed by atoms with E-state index in [1.807, 2.05) is 26.8 Å². The van der Waals surface area contributed by atoms with Gasteiger partial charge in [0.1, 0.15) is 6.04 Å². The minimum Gasteiger partial charge on any atom is -0.368 e. The van der Waals surface area contributed by atoms with E-state index < -0.39 is 11.9 Å². The molecule has 0 aromatic heterocycles. The molecule has 3 N–H and O–H groups in total. The molecular formula is C14H20N2O2S. The number of carbonyl (C=O) groups excluding carboxylic acids is 2. The van der Waals surface area contributed by atoms with Gasteiger partial charge in [-0.15, -0.1) is 11.8 Å². The first-order valence-corrected chi connectivity index (χ1v) is 7.06. The standard InChI is InChI=1S/C14H20N2O2S/c1-14(2,3)19-9-11(17)16-12(13(15)18)10-7-5-4-6-8-10/h4-8,12H,9H2,1-3H3,(H2,15,18)(H,16,17). The largest absolute Gasteiger partial charge is 0.368 e. The minimum atomic E-state index is -0.769. The number of hydrogen-bond donors (Lipinski definition) is 2. The Labute approximate surface area is 118 Å². The molecule has 1 rings (SSSR count). The van der Waals surface area contributed by atoms with E-state index >= 15 is 0 Å². The topological polar surface area (TPSA) is 72.2 Å². The van der Waals surface area contributed by atoms with Crippen LogP contribution >= 0.6 is 11.8 Å². The van der Waals surface area contributed by atoms with E-state index in [0.717, 1.165) is 0 Å². The number of primary amides is 1. The molecule has 0 spiro atoms. The second-order valence-corrected chi connectivity index (χ2v) is 7.02. The third-order valence-corrected chi connectivity index (χ3v) is 3.63. The maximum atomic E-state index is 11.8. The Hall–Kier alpha value is -1.49. The Balaban J connectivity index is 2.65. The summed E-state index contributed by atoms with van der Waals surface area (Å²) >= 11 is 1.53. The summed E-state index contributed by atoms with van der Waals surface area (Å²) in [6.45, 7) is 6.11. The smallest absolute Gasteiger partial charge is 0.244 e. The number of nitrogens with one attached hydrogen (secondary N) is 1. The first-order chi connectivity index (χ1) is 8.79. The molecule has 0 aliphatic heterocycles. The van der Waals surface area contributed by atoms with Crippen LogP contribution in [0.3, 0.4) is 0 Å². The summed E-state index contributed by atoms with van der Waals surface area (Å²) in [6.07, 6.45) is 0. The lowest BCUT2D eigenvalue weighted by atomic mass is 10.1. The summed E-state index contributed by atoms with van der Waals surface area (Å²) in [7, 11) is 0. The second kappa shape index (κ2) is 6.61. The molecule has 0 saturated heterocycles. The molecular weight excluding hydrogens is 260 g/mol. The van der Waals surface area contributed by atoms with Crippen LogP contribution in [0.25, 0.3) is 0 Å². The Morgan fingerprint density at radius 1 is 1.26 bits per heavy atom. The number of carbonyl (C=O) groups is 2. The molecule has 0 aliphatic rings. The third-order valence-electron chi connectivity index (χ3n) is 2.36. The van der Waals surface area contributed by atoms with Crippen LogP contribution in [-0.2, 0) is 9.59 Å².